The molecule has 0 aromatic rings. The fourth-order valence-electron chi connectivity index (χ4n) is 1.35. The van der Waals surface area contributed by atoms with Gasteiger partial charge in [-0.05, 0) is 48.5 Å². The van der Waals surface area contributed by atoms with Crippen molar-refractivity contribution >= 4 is 0 Å². The van der Waals surface area contributed by atoms with Gasteiger partial charge in [0.1, 0.15) is 0 Å². The molecule has 0 heterocycles. The van der Waals surface area contributed by atoms with Crippen LogP contribution in [0.2, 0.25) is 0 Å². The molecule has 0 aliphatic rings. The Hall–Kier alpha value is -0.160. The zero-order chi connectivity index (χ0) is 14.2. The zero-order valence-electron chi connectivity index (χ0n) is 13.2. The number of hydrogen-bond acceptors (Lipinski definition) is 4. The van der Waals surface area contributed by atoms with Gasteiger partial charge >= 0.3 is 0 Å². The first-order chi connectivity index (χ1) is 8.10. The summed E-state index contributed by atoms with van der Waals surface area (Å²) in [7, 11) is 0. The molecule has 0 saturated heterocycles. The van der Waals surface area contributed by atoms with Crippen LogP contribution in [-0.2, 0) is 9.47 Å². The summed E-state index contributed by atoms with van der Waals surface area (Å²) < 4.78 is 11.1. The minimum atomic E-state index is -0.145. The second kappa shape index (κ2) is 8.10. The highest BCUT2D eigenvalue weighted by atomic mass is 16.7. The van der Waals surface area contributed by atoms with E-state index in [1.54, 1.807) is 0 Å². The standard InChI is InChI=1S/C14H32N2O2/c1-12(17-10-8-15-13(2,3)4)18-11-9-16-14(5,6)7/h12,15-16H,8-11H2,1-7H3. The molecule has 18 heavy (non-hydrogen) atoms. The lowest BCUT2D eigenvalue weighted by atomic mass is 10.1. The first-order valence-electron chi connectivity index (χ1n) is 6.83. The Morgan fingerprint density at radius 3 is 1.39 bits per heavy atom. The van der Waals surface area contributed by atoms with E-state index >= 15 is 0 Å². The number of hydrogen-bond donors (Lipinski definition) is 2. The van der Waals surface area contributed by atoms with E-state index in [1.165, 1.54) is 0 Å². The summed E-state index contributed by atoms with van der Waals surface area (Å²) in [5.74, 6) is 0. The number of ether oxygens (including phenoxy) is 2. The molecule has 110 valence electrons. The third-order valence-corrected chi connectivity index (χ3v) is 2.22. The summed E-state index contributed by atoms with van der Waals surface area (Å²) in [6.07, 6.45) is -0.145. The van der Waals surface area contributed by atoms with Crippen LogP contribution in [0.3, 0.4) is 0 Å². The van der Waals surface area contributed by atoms with Gasteiger partial charge < -0.3 is 20.1 Å². The molecule has 0 aromatic carbocycles. The molecule has 0 aliphatic heterocycles. The van der Waals surface area contributed by atoms with Gasteiger partial charge in [0.2, 0.25) is 0 Å². The summed E-state index contributed by atoms with van der Waals surface area (Å²) in [5.41, 5.74) is 0.286. The van der Waals surface area contributed by atoms with Crippen LogP contribution >= 0.6 is 0 Å². The molecule has 0 spiro atoms. The van der Waals surface area contributed by atoms with E-state index < -0.39 is 0 Å². The smallest absolute Gasteiger partial charge is 0.154 e. The van der Waals surface area contributed by atoms with Gasteiger partial charge in [-0.15, -0.1) is 0 Å². The number of nitrogens with one attached hydrogen (secondary N) is 2. The van der Waals surface area contributed by atoms with Gasteiger partial charge in [-0.25, -0.2) is 0 Å². The topological polar surface area (TPSA) is 42.5 Å². The van der Waals surface area contributed by atoms with Crippen molar-refractivity contribution in [3.05, 3.63) is 0 Å². The Balaban J connectivity index is 3.41. The third kappa shape index (κ3) is 13.9. The Morgan fingerprint density at radius 2 is 1.11 bits per heavy atom. The maximum atomic E-state index is 5.56. The van der Waals surface area contributed by atoms with Gasteiger partial charge in [-0.2, -0.15) is 0 Å². The molecular weight excluding hydrogens is 228 g/mol. The lowest BCUT2D eigenvalue weighted by Crippen LogP contribution is -2.39. The number of rotatable bonds is 8. The van der Waals surface area contributed by atoms with Crippen molar-refractivity contribution in [2.75, 3.05) is 26.3 Å². The summed E-state index contributed by atoms with van der Waals surface area (Å²) in [5, 5.41) is 6.74. The van der Waals surface area contributed by atoms with E-state index in [0.29, 0.717) is 13.2 Å². The zero-order valence-corrected chi connectivity index (χ0v) is 13.2. The monoisotopic (exact) mass is 260 g/mol. The van der Waals surface area contributed by atoms with Crippen molar-refractivity contribution in [3.8, 4) is 0 Å². The Labute approximate surface area is 113 Å². The quantitative estimate of drug-likeness (QED) is 0.518. The average molecular weight is 260 g/mol. The second-order valence-electron chi connectivity index (χ2n) is 6.66. The maximum absolute atomic E-state index is 5.56. The van der Waals surface area contributed by atoms with Crippen LogP contribution in [0.25, 0.3) is 0 Å². The van der Waals surface area contributed by atoms with Crippen molar-refractivity contribution in [3.63, 3.8) is 0 Å². The summed E-state index contributed by atoms with van der Waals surface area (Å²) in [6, 6.07) is 0. The van der Waals surface area contributed by atoms with Crippen molar-refractivity contribution in [1.29, 1.82) is 0 Å². The highest BCUT2D eigenvalue weighted by Gasteiger charge is 2.10. The predicted octanol–water partition coefficient (Wildman–Crippen LogP) is 2.14. The summed E-state index contributed by atoms with van der Waals surface area (Å²) >= 11 is 0. The van der Waals surface area contributed by atoms with Gasteiger partial charge in [0.15, 0.2) is 6.29 Å². The molecule has 0 radical (unpaired) electrons. The van der Waals surface area contributed by atoms with Crippen LogP contribution in [0.1, 0.15) is 48.5 Å². The van der Waals surface area contributed by atoms with E-state index in [0.717, 1.165) is 13.1 Å². The van der Waals surface area contributed by atoms with Gasteiger partial charge in [0.25, 0.3) is 0 Å². The summed E-state index contributed by atoms with van der Waals surface area (Å²) in [4.78, 5) is 0. The molecule has 4 heteroatoms. The van der Waals surface area contributed by atoms with Gasteiger partial charge in [0, 0.05) is 24.2 Å². The van der Waals surface area contributed by atoms with Crippen molar-refractivity contribution < 1.29 is 9.47 Å². The molecule has 2 N–H and O–H groups in total. The molecule has 0 amide bonds. The van der Waals surface area contributed by atoms with Crippen LogP contribution in [0.4, 0.5) is 0 Å². The van der Waals surface area contributed by atoms with Crippen molar-refractivity contribution in [2.24, 2.45) is 0 Å². The van der Waals surface area contributed by atoms with Crippen molar-refractivity contribution in [2.45, 2.75) is 65.8 Å². The minimum Gasteiger partial charge on any atom is -0.352 e. The lowest BCUT2D eigenvalue weighted by Gasteiger charge is -2.22. The highest BCUT2D eigenvalue weighted by molar-refractivity contribution is 4.70. The molecule has 0 aromatic heterocycles. The second-order valence-corrected chi connectivity index (χ2v) is 6.66. The molecule has 4 nitrogen and oxygen atoms in total. The van der Waals surface area contributed by atoms with Crippen LogP contribution in [0.15, 0.2) is 0 Å². The fraction of sp³-hybridized carbons (Fsp3) is 1.00. The van der Waals surface area contributed by atoms with E-state index in [-0.39, 0.29) is 17.4 Å². The fourth-order valence-corrected chi connectivity index (χ4v) is 1.35. The first kappa shape index (κ1) is 17.8. The SMILES string of the molecule is CC(OCCNC(C)(C)C)OCCNC(C)(C)C. The average Bonchev–Trinajstić information content (AvgIpc) is 2.17. The summed E-state index contributed by atoms with van der Waals surface area (Å²) in [6.45, 7) is 17.8. The van der Waals surface area contributed by atoms with Crippen molar-refractivity contribution in [1.82, 2.24) is 10.6 Å². The molecule has 0 fully saturated rings. The Morgan fingerprint density at radius 1 is 0.778 bits per heavy atom. The molecule has 0 saturated carbocycles. The first-order valence-corrected chi connectivity index (χ1v) is 6.83. The van der Waals surface area contributed by atoms with E-state index in [2.05, 4.69) is 52.2 Å². The third-order valence-electron chi connectivity index (χ3n) is 2.22. The predicted molar refractivity (Wildman–Crippen MR) is 76.9 cm³/mol. The van der Waals surface area contributed by atoms with Crippen LogP contribution in [0.5, 0.6) is 0 Å². The normalized spacial score (nSPS) is 13.3. The molecule has 0 unspecified atom stereocenters. The molecule has 0 bridgehead atoms. The van der Waals surface area contributed by atoms with Crippen LogP contribution in [-0.4, -0.2) is 43.7 Å². The lowest BCUT2D eigenvalue weighted by molar-refractivity contribution is -0.129. The Bertz CT molecular complexity index is 185. The molecule has 0 aliphatic carbocycles. The maximum Gasteiger partial charge on any atom is 0.154 e. The van der Waals surface area contributed by atoms with Crippen LogP contribution in [0, 0.1) is 0 Å². The van der Waals surface area contributed by atoms with E-state index in [9.17, 15) is 0 Å². The molecular formula is C14H32N2O2. The highest BCUT2D eigenvalue weighted by Crippen LogP contribution is 1.99. The van der Waals surface area contributed by atoms with E-state index in [4.69, 9.17) is 9.47 Å². The molecule has 0 rings (SSSR count). The van der Waals surface area contributed by atoms with Gasteiger partial charge in [0.05, 0.1) is 13.2 Å². The van der Waals surface area contributed by atoms with E-state index in [1.807, 2.05) is 6.92 Å². The van der Waals surface area contributed by atoms with Gasteiger partial charge in [-0.3, -0.25) is 0 Å². The largest absolute Gasteiger partial charge is 0.352 e. The Kier molecular flexibility index (Phi) is 8.03. The van der Waals surface area contributed by atoms with Crippen LogP contribution < -0.4 is 10.6 Å². The van der Waals surface area contributed by atoms with Gasteiger partial charge in [-0.1, -0.05) is 0 Å². The minimum absolute atomic E-state index is 0.143. The molecule has 0 atom stereocenters.